The first-order valence-corrected chi connectivity index (χ1v) is 22.1. The highest BCUT2D eigenvalue weighted by atomic mass is 32.1. The molecule has 0 unspecified atom stereocenters. The Labute approximate surface area is 379 Å². The Morgan fingerprint density at radius 2 is 1.69 bits per heavy atom. The predicted octanol–water partition coefficient (Wildman–Crippen LogP) is -0.974. The number of H-pyrrole nitrogens is 1. The van der Waals surface area contributed by atoms with Crippen molar-refractivity contribution in [3.05, 3.63) is 58.2 Å². The number of methoxy groups -OCH3 is 1. The number of hydrogen-bond acceptors (Lipinski definition) is 13. The van der Waals surface area contributed by atoms with Gasteiger partial charge < -0.3 is 57.4 Å². The zero-order valence-corrected chi connectivity index (χ0v) is 37.8. The second kappa shape index (κ2) is 24.5. The molecule has 0 saturated heterocycles. The van der Waals surface area contributed by atoms with E-state index in [4.69, 9.17) is 4.74 Å². The molecule has 0 radical (unpaired) electrons. The van der Waals surface area contributed by atoms with Crippen LogP contribution in [0.2, 0.25) is 0 Å². The number of ketones is 1. The molecule has 10 N–H and O–H groups in total. The molecule has 3 heterocycles. The summed E-state index contributed by atoms with van der Waals surface area (Å²) in [5.74, 6) is -8.25. The van der Waals surface area contributed by atoms with Crippen LogP contribution in [0.1, 0.15) is 69.8 Å². The van der Waals surface area contributed by atoms with Crippen LogP contribution in [0.15, 0.2) is 41.9 Å². The molecule has 21 nitrogen and oxygen atoms in total. The van der Waals surface area contributed by atoms with Gasteiger partial charge in [0.1, 0.15) is 41.3 Å². The van der Waals surface area contributed by atoms with Crippen molar-refractivity contribution in [2.75, 3.05) is 26.8 Å². The molecule has 4 rings (SSSR count). The van der Waals surface area contributed by atoms with Gasteiger partial charge in [0.2, 0.25) is 41.7 Å². The van der Waals surface area contributed by atoms with Gasteiger partial charge in [-0.3, -0.25) is 43.2 Å². The zero-order valence-electron chi connectivity index (χ0n) is 37.0. The molecule has 0 aliphatic carbocycles. The van der Waals surface area contributed by atoms with Crippen LogP contribution < -0.4 is 42.5 Å². The predicted molar refractivity (Wildman–Crippen MR) is 238 cm³/mol. The van der Waals surface area contributed by atoms with E-state index in [1.54, 1.807) is 39.3 Å². The highest BCUT2D eigenvalue weighted by Crippen LogP contribution is 2.22. The van der Waals surface area contributed by atoms with Crippen LogP contribution >= 0.6 is 11.3 Å². The van der Waals surface area contributed by atoms with Crippen molar-refractivity contribution in [2.24, 2.45) is 11.8 Å². The van der Waals surface area contributed by atoms with E-state index in [9.17, 15) is 48.3 Å². The van der Waals surface area contributed by atoms with Gasteiger partial charge >= 0.3 is 0 Å². The Kier molecular flexibility index (Phi) is 19.3. The van der Waals surface area contributed by atoms with Crippen molar-refractivity contribution < 1.29 is 53.0 Å². The lowest BCUT2D eigenvalue weighted by atomic mass is 9.94. The van der Waals surface area contributed by atoms with Crippen LogP contribution in [0.25, 0.3) is 17.0 Å². The van der Waals surface area contributed by atoms with Gasteiger partial charge in [-0.05, 0) is 36.5 Å². The van der Waals surface area contributed by atoms with Gasteiger partial charge in [0.15, 0.2) is 0 Å². The van der Waals surface area contributed by atoms with E-state index in [1.807, 2.05) is 24.3 Å². The number of para-hydroxylation sites is 1. The molecule has 352 valence electrons. The SMILES string of the molecule is CC[C@H](C)[C@H](NC(=O)[C@H](O)CNC=O)C(=O)N[C@H]1CNC(=O)[C@H](Cc2c[nH]c3ccccc23)NC(=O)/C=C/c2csc(n2)[C@H](COC)NC(=O)C(=O)[C@H]([C@@H](C)CC)NC(=O)[C@H](C)NC1=O. The number of nitrogens with one attached hydrogen (secondary N) is 9. The van der Waals surface area contributed by atoms with Crippen LogP contribution in [0.3, 0.4) is 0 Å². The van der Waals surface area contributed by atoms with Crippen molar-refractivity contribution in [2.45, 2.75) is 96.2 Å². The fourth-order valence-corrected chi connectivity index (χ4v) is 7.54. The fourth-order valence-electron chi connectivity index (χ4n) is 6.72. The fraction of sp³-hybridized carbons (Fsp3) is 0.488. The summed E-state index contributed by atoms with van der Waals surface area (Å²) in [6.45, 7) is 7.00. The number of ether oxygens (including phenoxy) is 1. The number of hydrogen-bond donors (Lipinski definition) is 10. The molecule has 1 aliphatic rings. The summed E-state index contributed by atoms with van der Waals surface area (Å²) >= 11 is 1.14. The van der Waals surface area contributed by atoms with Crippen molar-refractivity contribution >= 4 is 81.9 Å². The van der Waals surface area contributed by atoms with Gasteiger partial charge in [0, 0.05) is 48.6 Å². The minimum absolute atomic E-state index is 0.0193. The third-order valence-electron chi connectivity index (χ3n) is 11.0. The normalized spacial score (nSPS) is 22.8. The van der Waals surface area contributed by atoms with Crippen LogP contribution in [-0.4, -0.2) is 132 Å². The van der Waals surface area contributed by atoms with E-state index in [1.165, 1.54) is 26.2 Å². The molecule has 2 bridgehead atoms. The monoisotopic (exact) mass is 922 g/mol. The quantitative estimate of drug-likeness (QED) is 0.0651. The van der Waals surface area contributed by atoms with Gasteiger partial charge in [-0.1, -0.05) is 58.7 Å². The molecule has 1 aliphatic heterocycles. The van der Waals surface area contributed by atoms with E-state index >= 15 is 0 Å². The minimum atomic E-state index is -1.72. The number of benzene rings is 1. The van der Waals surface area contributed by atoms with Crippen molar-refractivity contribution in [3.63, 3.8) is 0 Å². The largest absolute Gasteiger partial charge is 0.382 e. The van der Waals surface area contributed by atoms with E-state index < -0.39 is 114 Å². The number of carbonyl (C=O) groups excluding carboxylic acids is 9. The molecule has 9 atom stereocenters. The molecule has 3 aromatic rings. The highest BCUT2D eigenvalue weighted by Gasteiger charge is 2.36. The number of carbonyl (C=O) groups is 9. The van der Waals surface area contributed by atoms with Crippen LogP contribution in [0.5, 0.6) is 0 Å². The van der Waals surface area contributed by atoms with E-state index in [0.29, 0.717) is 29.1 Å². The van der Waals surface area contributed by atoms with Crippen molar-refractivity contribution in [1.29, 1.82) is 0 Å². The lowest BCUT2D eigenvalue weighted by Gasteiger charge is -2.29. The van der Waals surface area contributed by atoms with Gasteiger partial charge in [-0.15, -0.1) is 11.3 Å². The van der Waals surface area contributed by atoms with Gasteiger partial charge in [0.25, 0.3) is 11.8 Å². The van der Waals surface area contributed by atoms with E-state index in [0.717, 1.165) is 22.2 Å². The number of thiazole rings is 1. The number of aliphatic hydroxyl groups excluding tert-OH is 1. The summed E-state index contributed by atoms with van der Waals surface area (Å²) in [4.78, 5) is 128. The van der Waals surface area contributed by atoms with Crippen molar-refractivity contribution in [1.82, 2.24) is 52.5 Å². The average Bonchev–Trinajstić information content (AvgIpc) is 3.95. The van der Waals surface area contributed by atoms with Crippen molar-refractivity contribution in [3.8, 4) is 0 Å². The third kappa shape index (κ3) is 14.2. The second-order valence-electron chi connectivity index (χ2n) is 15.7. The summed E-state index contributed by atoms with van der Waals surface area (Å²) in [7, 11) is 1.40. The lowest BCUT2D eigenvalue weighted by molar-refractivity contribution is -0.142. The highest BCUT2D eigenvalue weighted by molar-refractivity contribution is 7.09. The number of rotatable bonds is 15. The summed E-state index contributed by atoms with van der Waals surface area (Å²) in [6, 6.07) is -0.464. The van der Waals surface area contributed by atoms with Gasteiger partial charge in [0.05, 0.1) is 24.9 Å². The maximum absolute atomic E-state index is 14.1. The zero-order chi connectivity index (χ0) is 47.8. The second-order valence-corrected chi connectivity index (χ2v) is 16.6. The first-order chi connectivity index (χ1) is 31.0. The Morgan fingerprint density at radius 3 is 2.38 bits per heavy atom. The van der Waals surface area contributed by atoms with Gasteiger partial charge in [-0.25, -0.2) is 4.98 Å². The number of aromatic nitrogens is 2. The third-order valence-corrected chi connectivity index (χ3v) is 12.0. The molecule has 2 aromatic heterocycles. The minimum Gasteiger partial charge on any atom is -0.382 e. The maximum Gasteiger partial charge on any atom is 0.290 e. The molecule has 22 heteroatoms. The molecule has 65 heavy (non-hydrogen) atoms. The summed E-state index contributed by atoms with van der Waals surface area (Å²) in [6.07, 6.45) is 3.53. The van der Waals surface area contributed by atoms with Gasteiger partial charge in [-0.2, -0.15) is 0 Å². The molecule has 8 amide bonds. The number of aliphatic hydroxyl groups is 1. The smallest absolute Gasteiger partial charge is 0.290 e. The number of aromatic amines is 1. The van der Waals surface area contributed by atoms with Crippen LogP contribution in [0, 0.1) is 11.8 Å². The standard InChI is InChI=1S/C43H58N10O11S/c1-7-22(3)34-36(57)42(63)51-31(19-64-6)43-48-26(20-65-43)13-14-33(56)49-29(15-25-16-45-28-12-10-9-11-27(25)28)38(59)46-17-30(39(60)47-24(5)37(58)52-34)50-41(62)35(23(4)8-2)53-40(61)32(55)18-44-21-54/h9-14,16,20-24,29-32,34-35,45,55H,7-8,15,17-19H2,1-6H3,(H,44,54)(H,46,59)(H,47,60)(H,49,56)(H,50,62)(H,51,63)(H,52,58)(H,53,61)/b14-13+/t22-,23-,24-,29-,30-,31-,32+,34-,35-/m0/s1. The molecular weight excluding hydrogens is 865 g/mol. The first kappa shape index (κ1) is 51.1. The molecule has 0 fully saturated rings. The van der Waals surface area contributed by atoms with E-state index in [-0.39, 0.29) is 19.4 Å². The Hall–Kier alpha value is -6.52. The maximum atomic E-state index is 14.1. The average molecular weight is 923 g/mol. The van der Waals surface area contributed by atoms with E-state index in [2.05, 4.69) is 52.5 Å². The summed E-state index contributed by atoms with van der Waals surface area (Å²) in [5, 5.41) is 33.3. The van der Waals surface area contributed by atoms with Crippen LogP contribution in [0.4, 0.5) is 0 Å². The number of amides is 8. The Morgan fingerprint density at radius 1 is 0.954 bits per heavy atom. The Balaban J connectivity index is 1.74. The number of fused-ring (bicyclic) bond motifs is 3. The number of Topliss-reactive ketones (excluding diaryl/α,β-unsaturated/α-hetero) is 1. The number of nitrogens with zero attached hydrogens (tertiary/aromatic N) is 1. The first-order valence-electron chi connectivity index (χ1n) is 21.2. The topological polar surface area (TPSA) is 308 Å². The summed E-state index contributed by atoms with van der Waals surface area (Å²) in [5.41, 5.74) is 1.78. The molecule has 0 spiro atoms. The molecular formula is C43H58N10O11S. The Bertz CT molecular complexity index is 2230. The molecule has 0 saturated carbocycles. The van der Waals surface area contributed by atoms with Crippen LogP contribution in [-0.2, 0) is 54.3 Å². The lowest BCUT2D eigenvalue weighted by Crippen LogP contribution is -2.62. The molecule has 1 aromatic carbocycles. The summed E-state index contributed by atoms with van der Waals surface area (Å²) < 4.78 is 5.30.